The maximum atomic E-state index is 6.18. The summed E-state index contributed by atoms with van der Waals surface area (Å²) in [5.74, 6) is 0.986. The number of benzene rings is 1. The van der Waals surface area contributed by atoms with Gasteiger partial charge in [0.2, 0.25) is 0 Å². The number of rotatable bonds is 4. The maximum Gasteiger partial charge on any atom is 0.0954 e. The van der Waals surface area contributed by atoms with Crippen molar-refractivity contribution in [3.8, 4) is 0 Å². The fourth-order valence-electron chi connectivity index (χ4n) is 1.65. The summed E-state index contributed by atoms with van der Waals surface area (Å²) < 4.78 is 1.54. The number of thiazole rings is 1. The summed E-state index contributed by atoms with van der Waals surface area (Å²) in [5, 5.41) is 1.15. The van der Waals surface area contributed by atoms with Gasteiger partial charge < -0.3 is 5.73 Å². The van der Waals surface area contributed by atoms with Crippen molar-refractivity contribution >= 4 is 33.3 Å². The lowest BCUT2D eigenvalue weighted by atomic mass is 10.2. The highest BCUT2D eigenvalue weighted by Crippen LogP contribution is 2.26. The zero-order valence-corrected chi connectivity index (χ0v) is 12.8. The quantitative estimate of drug-likeness (QED) is 0.928. The van der Waals surface area contributed by atoms with Gasteiger partial charge in [0.05, 0.1) is 15.2 Å². The average molecular weight is 280 g/mol. The first-order valence-corrected chi connectivity index (χ1v) is 7.98. The summed E-state index contributed by atoms with van der Waals surface area (Å²) >= 11 is 3.68. The Balaban J connectivity index is 1.96. The second-order valence-electron chi connectivity index (χ2n) is 5.46. The Kier molecular flexibility index (Phi) is 4.30. The van der Waals surface area contributed by atoms with Gasteiger partial charge in [-0.15, -0.1) is 11.3 Å². The van der Waals surface area contributed by atoms with E-state index in [0.29, 0.717) is 0 Å². The number of thioether (sulfide) groups is 1. The monoisotopic (exact) mass is 280 g/mol. The second kappa shape index (κ2) is 5.59. The molecule has 0 amide bonds. The van der Waals surface area contributed by atoms with E-state index in [1.54, 1.807) is 11.3 Å². The maximum absolute atomic E-state index is 6.18. The van der Waals surface area contributed by atoms with Gasteiger partial charge in [-0.05, 0) is 12.1 Å². The molecule has 0 aliphatic carbocycles. The smallest absolute Gasteiger partial charge is 0.0954 e. The van der Waals surface area contributed by atoms with Crippen LogP contribution in [0.2, 0.25) is 0 Å². The lowest BCUT2D eigenvalue weighted by Gasteiger charge is -2.20. The second-order valence-corrected chi connectivity index (χ2v) is 8.42. The third kappa shape index (κ3) is 3.97. The first-order valence-electron chi connectivity index (χ1n) is 6.18. The Morgan fingerprint density at radius 2 is 2.06 bits per heavy atom. The Bertz CT molecular complexity index is 481. The molecule has 2 nitrogen and oxygen atoms in total. The third-order valence-electron chi connectivity index (χ3n) is 2.51. The molecular weight excluding hydrogens is 260 g/mol. The summed E-state index contributed by atoms with van der Waals surface area (Å²) in [6, 6.07) is 8.45. The van der Waals surface area contributed by atoms with Crippen molar-refractivity contribution in [3.05, 3.63) is 29.3 Å². The number of hydrogen-bond donors (Lipinski definition) is 1. The van der Waals surface area contributed by atoms with Crippen LogP contribution in [-0.2, 0) is 6.42 Å². The van der Waals surface area contributed by atoms with Crippen molar-refractivity contribution < 1.29 is 0 Å². The third-order valence-corrected chi connectivity index (χ3v) is 5.02. The van der Waals surface area contributed by atoms with Crippen LogP contribution in [0.15, 0.2) is 24.3 Å². The molecule has 1 heterocycles. The minimum absolute atomic E-state index is 0.190. The lowest BCUT2D eigenvalue weighted by Crippen LogP contribution is -2.27. The first-order chi connectivity index (χ1) is 8.44. The summed E-state index contributed by atoms with van der Waals surface area (Å²) in [4.78, 5) is 4.63. The fourth-order valence-corrected chi connectivity index (χ4v) is 3.54. The number of nitrogens with two attached hydrogens (primary N) is 1. The molecule has 1 aromatic heterocycles. The molecule has 2 rings (SSSR count). The van der Waals surface area contributed by atoms with E-state index in [-0.39, 0.29) is 10.8 Å². The van der Waals surface area contributed by atoms with Crippen molar-refractivity contribution in [3.63, 3.8) is 0 Å². The van der Waals surface area contributed by atoms with Gasteiger partial charge in [0, 0.05) is 23.0 Å². The molecule has 1 unspecified atom stereocenters. The molecular formula is C14H20N2S2. The van der Waals surface area contributed by atoms with Gasteiger partial charge >= 0.3 is 0 Å². The van der Waals surface area contributed by atoms with Crippen molar-refractivity contribution in [2.24, 2.45) is 5.73 Å². The molecule has 4 heteroatoms. The number of nitrogens with zero attached hydrogens (tertiary/aromatic N) is 1. The van der Waals surface area contributed by atoms with Gasteiger partial charge in [-0.3, -0.25) is 0 Å². The Morgan fingerprint density at radius 1 is 1.33 bits per heavy atom. The van der Waals surface area contributed by atoms with Crippen LogP contribution in [0.4, 0.5) is 0 Å². The average Bonchev–Trinajstić information content (AvgIpc) is 2.67. The molecule has 0 saturated carbocycles. The van der Waals surface area contributed by atoms with Crippen LogP contribution < -0.4 is 5.73 Å². The van der Waals surface area contributed by atoms with Gasteiger partial charge in [-0.1, -0.05) is 32.9 Å². The zero-order valence-electron chi connectivity index (χ0n) is 11.1. The van der Waals surface area contributed by atoms with Crippen LogP contribution in [0.5, 0.6) is 0 Å². The Hall–Kier alpha value is -0.580. The van der Waals surface area contributed by atoms with Gasteiger partial charge in [-0.2, -0.15) is 11.8 Å². The summed E-state index contributed by atoms with van der Waals surface area (Å²) in [6.07, 6.45) is 0.877. The molecule has 0 spiro atoms. The molecule has 98 valence electrons. The fraction of sp³-hybridized carbons (Fsp3) is 0.500. The molecule has 0 bridgehead atoms. The standard InChI is InChI=1S/C14H20N2S2/c1-14(2,3)17-9-10(15)8-13-16-11-6-4-5-7-12(11)18-13/h4-7,10H,8-9,15H2,1-3H3. The number of aromatic nitrogens is 1. The van der Waals surface area contributed by atoms with Crippen LogP contribution in [0.1, 0.15) is 25.8 Å². The van der Waals surface area contributed by atoms with Crippen molar-refractivity contribution in [2.75, 3.05) is 5.75 Å². The van der Waals surface area contributed by atoms with Crippen LogP contribution in [-0.4, -0.2) is 21.5 Å². The highest BCUT2D eigenvalue weighted by atomic mass is 32.2. The molecule has 0 aliphatic rings. The molecule has 0 saturated heterocycles. The summed E-state index contributed by atoms with van der Waals surface area (Å²) in [7, 11) is 0. The van der Waals surface area contributed by atoms with Crippen LogP contribution in [0.3, 0.4) is 0 Å². The van der Waals surface area contributed by atoms with E-state index in [4.69, 9.17) is 5.73 Å². The van der Waals surface area contributed by atoms with E-state index in [9.17, 15) is 0 Å². The van der Waals surface area contributed by atoms with Crippen molar-refractivity contribution in [1.82, 2.24) is 4.98 Å². The predicted octanol–water partition coefficient (Wildman–Crippen LogP) is 3.70. The van der Waals surface area contributed by atoms with E-state index in [2.05, 4.69) is 44.0 Å². The normalized spacial score (nSPS) is 14.0. The summed E-state index contributed by atoms with van der Waals surface area (Å²) in [5.41, 5.74) is 7.27. The van der Waals surface area contributed by atoms with Crippen molar-refractivity contribution in [1.29, 1.82) is 0 Å². The molecule has 2 aromatic rings. The summed E-state index contributed by atoms with van der Waals surface area (Å²) in [6.45, 7) is 6.67. The predicted molar refractivity (Wildman–Crippen MR) is 83.5 cm³/mol. The van der Waals surface area contributed by atoms with E-state index in [1.165, 1.54) is 4.70 Å². The van der Waals surface area contributed by atoms with Crippen LogP contribution >= 0.6 is 23.1 Å². The minimum Gasteiger partial charge on any atom is -0.327 e. The number of para-hydroxylation sites is 1. The van der Waals surface area contributed by atoms with Crippen LogP contribution in [0.25, 0.3) is 10.2 Å². The largest absolute Gasteiger partial charge is 0.327 e. The zero-order chi connectivity index (χ0) is 13.2. The molecule has 18 heavy (non-hydrogen) atoms. The highest BCUT2D eigenvalue weighted by Gasteiger charge is 2.14. The Morgan fingerprint density at radius 3 is 2.72 bits per heavy atom. The Labute approximate surface area is 117 Å². The number of hydrogen-bond acceptors (Lipinski definition) is 4. The van der Waals surface area contributed by atoms with Gasteiger partial charge in [0.25, 0.3) is 0 Å². The van der Waals surface area contributed by atoms with Crippen molar-refractivity contribution in [2.45, 2.75) is 38.0 Å². The van der Waals surface area contributed by atoms with Gasteiger partial charge in [-0.25, -0.2) is 4.98 Å². The lowest BCUT2D eigenvalue weighted by molar-refractivity contribution is 0.731. The molecule has 0 radical (unpaired) electrons. The molecule has 0 fully saturated rings. The van der Waals surface area contributed by atoms with Crippen LogP contribution in [0, 0.1) is 0 Å². The molecule has 1 atom stereocenters. The number of fused-ring (bicyclic) bond motifs is 1. The molecule has 1 aromatic carbocycles. The highest BCUT2D eigenvalue weighted by molar-refractivity contribution is 8.00. The van der Waals surface area contributed by atoms with E-state index < -0.39 is 0 Å². The SMILES string of the molecule is CC(C)(C)SCC(N)Cc1nc2ccccc2s1. The van der Waals surface area contributed by atoms with E-state index in [1.807, 2.05) is 17.8 Å². The molecule has 0 aliphatic heterocycles. The first kappa shape index (κ1) is 13.8. The van der Waals surface area contributed by atoms with E-state index >= 15 is 0 Å². The topological polar surface area (TPSA) is 38.9 Å². The van der Waals surface area contributed by atoms with Gasteiger partial charge in [0.1, 0.15) is 0 Å². The van der Waals surface area contributed by atoms with E-state index in [0.717, 1.165) is 22.7 Å². The minimum atomic E-state index is 0.190. The molecule has 2 N–H and O–H groups in total. The van der Waals surface area contributed by atoms with Gasteiger partial charge in [0.15, 0.2) is 0 Å².